The SMILES string of the molecule is COc1cc(C=CC(=O)CC(=O)CC(c2ccc(O)c(OC)c2)S(=O)(=O)O)ccc1O. The summed E-state index contributed by atoms with van der Waals surface area (Å²) >= 11 is 0. The van der Waals surface area contributed by atoms with Crippen molar-refractivity contribution in [3.8, 4) is 23.0 Å². The number of Topliss-reactive ketones (excluding diaryl/α,β-unsaturated/α-hetero) is 1. The van der Waals surface area contributed by atoms with Crippen molar-refractivity contribution in [1.82, 2.24) is 0 Å². The van der Waals surface area contributed by atoms with Gasteiger partial charge in [0.1, 0.15) is 11.0 Å². The minimum atomic E-state index is -4.68. The standard InChI is InChI=1S/C21H22O9S/c1-29-19-9-13(4-7-17(19)24)3-6-15(22)11-16(23)12-21(31(26,27)28)14-5-8-18(25)20(10-14)30-2/h3-10,21,24-25H,11-12H2,1-2H3,(H,26,27,28). The molecule has 0 saturated carbocycles. The fourth-order valence-corrected chi connectivity index (χ4v) is 3.70. The molecule has 1 atom stereocenters. The van der Waals surface area contributed by atoms with Crippen LogP contribution in [0.3, 0.4) is 0 Å². The van der Waals surface area contributed by atoms with Gasteiger partial charge in [-0.1, -0.05) is 18.2 Å². The summed E-state index contributed by atoms with van der Waals surface area (Å²) < 4.78 is 43.1. The summed E-state index contributed by atoms with van der Waals surface area (Å²) in [6.45, 7) is 0. The van der Waals surface area contributed by atoms with Crippen molar-refractivity contribution in [2.24, 2.45) is 0 Å². The molecule has 31 heavy (non-hydrogen) atoms. The topological polar surface area (TPSA) is 147 Å². The number of aromatic hydroxyl groups is 2. The number of hydrogen-bond donors (Lipinski definition) is 3. The van der Waals surface area contributed by atoms with E-state index >= 15 is 0 Å². The Kier molecular flexibility index (Phi) is 7.78. The molecular weight excluding hydrogens is 428 g/mol. The number of benzene rings is 2. The van der Waals surface area contributed by atoms with Crippen LogP contribution in [0.5, 0.6) is 23.0 Å². The van der Waals surface area contributed by atoms with Gasteiger partial charge in [-0.05, 0) is 41.5 Å². The fourth-order valence-electron chi connectivity index (χ4n) is 2.81. The summed E-state index contributed by atoms with van der Waals surface area (Å²) in [5.74, 6) is -1.39. The van der Waals surface area contributed by atoms with Crippen LogP contribution in [-0.4, -0.2) is 49.0 Å². The number of phenols is 2. The molecule has 0 aliphatic carbocycles. The Hall–Kier alpha value is -3.37. The highest BCUT2D eigenvalue weighted by Gasteiger charge is 2.29. The molecule has 2 aromatic rings. The predicted octanol–water partition coefficient (Wildman–Crippen LogP) is 2.68. The van der Waals surface area contributed by atoms with Crippen LogP contribution >= 0.6 is 0 Å². The summed E-state index contributed by atoms with van der Waals surface area (Å²) in [7, 11) is -2.04. The Morgan fingerprint density at radius 3 is 2.16 bits per heavy atom. The molecule has 2 rings (SSSR count). The number of carbonyl (C=O) groups excluding carboxylic acids is 2. The lowest BCUT2D eigenvalue weighted by Gasteiger charge is -2.15. The first-order valence-corrected chi connectivity index (χ1v) is 10.5. The van der Waals surface area contributed by atoms with Crippen LogP contribution in [0.1, 0.15) is 29.2 Å². The number of ketones is 2. The first-order valence-electron chi connectivity index (χ1n) is 8.98. The van der Waals surface area contributed by atoms with E-state index < -0.39 is 39.8 Å². The number of phenolic OH excluding ortho intramolecular Hbond substituents is 2. The van der Waals surface area contributed by atoms with Crippen molar-refractivity contribution in [2.75, 3.05) is 14.2 Å². The summed E-state index contributed by atoms with van der Waals surface area (Å²) in [6.07, 6.45) is 1.35. The highest BCUT2D eigenvalue weighted by molar-refractivity contribution is 7.86. The maximum Gasteiger partial charge on any atom is 0.272 e. The van der Waals surface area contributed by atoms with Crippen molar-refractivity contribution in [2.45, 2.75) is 18.1 Å². The zero-order valence-corrected chi connectivity index (χ0v) is 17.6. The van der Waals surface area contributed by atoms with Crippen molar-refractivity contribution < 1.29 is 42.2 Å². The highest BCUT2D eigenvalue weighted by atomic mass is 32.2. The quantitative estimate of drug-likeness (QED) is 0.282. The summed E-state index contributed by atoms with van der Waals surface area (Å²) in [5, 5.41) is 17.6. The largest absolute Gasteiger partial charge is 0.504 e. The van der Waals surface area contributed by atoms with E-state index in [1.165, 1.54) is 56.7 Å². The lowest BCUT2D eigenvalue weighted by Crippen LogP contribution is -2.18. The molecule has 0 radical (unpaired) electrons. The molecular formula is C21H22O9S. The molecule has 0 aliphatic rings. The van der Waals surface area contributed by atoms with Crippen molar-refractivity contribution in [3.05, 3.63) is 53.6 Å². The molecule has 3 N–H and O–H groups in total. The maximum atomic E-state index is 12.3. The molecule has 166 valence electrons. The smallest absolute Gasteiger partial charge is 0.272 e. The van der Waals surface area contributed by atoms with E-state index in [1.54, 1.807) is 0 Å². The minimum Gasteiger partial charge on any atom is -0.504 e. The number of methoxy groups -OCH3 is 2. The van der Waals surface area contributed by atoms with Crippen LogP contribution in [-0.2, 0) is 19.7 Å². The van der Waals surface area contributed by atoms with E-state index in [4.69, 9.17) is 9.47 Å². The van der Waals surface area contributed by atoms with Gasteiger partial charge in [0, 0.05) is 6.42 Å². The summed E-state index contributed by atoms with van der Waals surface area (Å²) in [4.78, 5) is 24.4. The number of rotatable bonds is 10. The number of ether oxygens (including phenoxy) is 2. The second-order valence-electron chi connectivity index (χ2n) is 6.59. The second kappa shape index (κ2) is 10.1. The fraction of sp³-hybridized carbons (Fsp3) is 0.238. The molecule has 0 saturated heterocycles. The van der Waals surface area contributed by atoms with E-state index in [-0.39, 0.29) is 28.6 Å². The zero-order valence-electron chi connectivity index (χ0n) is 16.8. The lowest BCUT2D eigenvalue weighted by atomic mass is 10.0. The van der Waals surface area contributed by atoms with Crippen LogP contribution in [0, 0.1) is 0 Å². The van der Waals surface area contributed by atoms with E-state index in [2.05, 4.69) is 0 Å². The zero-order chi connectivity index (χ0) is 23.2. The van der Waals surface area contributed by atoms with Crippen LogP contribution in [0.4, 0.5) is 0 Å². The molecule has 2 aromatic carbocycles. The van der Waals surface area contributed by atoms with Gasteiger partial charge in [-0.15, -0.1) is 0 Å². The first-order chi connectivity index (χ1) is 14.5. The monoisotopic (exact) mass is 450 g/mol. The first kappa shape index (κ1) is 23.9. The molecule has 0 aliphatic heterocycles. The Morgan fingerprint density at radius 2 is 1.58 bits per heavy atom. The van der Waals surface area contributed by atoms with Crippen LogP contribution in [0.25, 0.3) is 6.08 Å². The van der Waals surface area contributed by atoms with Gasteiger partial charge in [0.05, 0.1) is 20.6 Å². The van der Waals surface area contributed by atoms with Crippen molar-refractivity contribution in [1.29, 1.82) is 0 Å². The molecule has 0 heterocycles. The number of allylic oxidation sites excluding steroid dienone is 1. The Morgan fingerprint density at radius 1 is 1.00 bits per heavy atom. The van der Waals surface area contributed by atoms with Gasteiger partial charge >= 0.3 is 0 Å². The van der Waals surface area contributed by atoms with Gasteiger partial charge < -0.3 is 19.7 Å². The normalized spacial score (nSPS) is 12.5. The second-order valence-corrected chi connectivity index (χ2v) is 8.18. The molecule has 0 amide bonds. The van der Waals surface area contributed by atoms with E-state index in [0.29, 0.717) is 5.56 Å². The van der Waals surface area contributed by atoms with Gasteiger partial charge in [0.15, 0.2) is 28.8 Å². The molecule has 1 unspecified atom stereocenters. The predicted molar refractivity (Wildman–Crippen MR) is 112 cm³/mol. The molecule has 0 fully saturated rings. The molecule has 0 aromatic heterocycles. The number of hydrogen-bond acceptors (Lipinski definition) is 8. The van der Waals surface area contributed by atoms with E-state index in [0.717, 1.165) is 6.08 Å². The molecule has 10 heteroatoms. The number of carbonyl (C=O) groups is 2. The van der Waals surface area contributed by atoms with Crippen LogP contribution < -0.4 is 9.47 Å². The van der Waals surface area contributed by atoms with Gasteiger partial charge in [-0.2, -0.15) is 8.42 Å². The maximum absolute atomic E-state index is 12.3. The summed E-state index contributed by atoms with van der Waals surface area (Å²) in [6, 6.07) is 8.03. The lowest BCUT2D eigenvalue weighted by molar-refractivity contribution is -0.124. The average Bonchev–Trinajstić information content (AvgIpc) is 2.71. The third kappa shape index (κ3) is 6.56. The molecule has 0 spiro atoms. The van der Waals surface area contributed by atoms with Gasteiger partial charge in [-0.25, -0.2) is 0 Å². The average molecular weight is 450 g/mol. The summed E-state index contributed by atoms with van der Waals surface area (Å²) in [5.41, 5.74) is 0.576. The third-order valence-corrected chi connectivity index (χ3v) is 5.54. The van der Waals surface area contributed by atoms with E-state index in [1.807, 2.05) is 0 Å². The van der Waals surface area contributed by atoms with Crippen LogP contribution in [0.15, 0.2) is 42.5 Å². The third-order valence-electron chi connectivity index (χ3n) is 4.39. The minimum absolute atomic E-state index is 0.0260. The molecule has 9 nitrogen and oxygen atoms in total. The molecule has 0 bridgehead atoms. The van der Waals surface area contributed by atoms with Crippen molar-refractivity contribution >= 4 is 27.8 Å². The van der Waals surface area contributed by atoms with Gasteiger partial charge in [-0.3, -0.25) is 14.1 Å². The Bertz CT molecular complexity index is 1100. The Labute approximate surface area is 179 Å². The Balaban J connectivity index is 2.11. The highest BCUT2D eigenvalue weighted by Crippen LogP contribution is 2.33. The van der Waals surface area contributed by atoms with E-state index in [9.17, 15) is 32.8 Å². The van der Waals surface area contributed by atoms with Crippen molar-refractivity contribution in [3.63, 3.8) is 0 Å². The van der Waals surface area contributed by atoms with Gasteiger partial charge in [0.2, 0.25) is 0 Å². The van der Waals surface area contributed by atoms with Gasteiger partial charge in [0.25, 0.3) is 10.1 Å². The van der Waals surface area contributed by atoms with Crippen LogP contribution in [0.2, 0.25) is 0 Å².